The molecule has 0 aromatic heterocycles. The molecule has 1 aliphatic rings. The smallest absolute Gasteiger partial charge is 0.344 e. The molecule has 8 nitrogen and oxygen atoms in total. The Kier molecular flexibility index (Phi) is 7.75. The molecular weight excluding hydrogens is 398 g/mol. The summed E-state index contributed by atoms with van der Waals surface area (Å²) in [4.78, 5) is 36.0. The summed E-state index contributed by atoms with van der Waals surface area (Å²) in [5.74, 6) is -0.507. The van der Waals surface area contributed by atoms with Gasteiger partial charge in [0.15, 0.2) is 6.61 Å². The van der Waals surface area contributed by atoms with Crippen molar-refractivity contribution < 1.29 is 23.9 Å². The van der Waals surface area contributed by atoms with Crippen LogP contribution in [0, 0.1) is 0 Å². The van der Waals surface area contributed by atoms with E-state index in [4.69, 9.17) is 9.47 Å². The van der Waals surface area contributed by atoms with Crippen LogP contribution in [-0.2, 0) is 19.1 Å². The largest absolute Gasteiger partial charge is 0.482 e. The first-order valence-electron chi connectivity index (χ1n) is 10.2. The number of nitrogens with one attached hydrogen (secondary N) is 1. The number of nitrogens with zero attached hydrogens (tertiary/aromatic N) is 2. The van der Waals surface area contributed by atoms with Crippen LogP contribution in [0.15, 0.2) is 59.7 Å². The Morgan fingerprint density at radius 1 is 1.06 bits per heavy atom. The van der Waals surface area contributed by atoms with Gasteiger partial charge in [-0.2, -0.15) is 5.10 Å². The molecule has 162 valence electrons. The Hall–Kier alpha value is -3.68. The molecule has 1 heterocycles. The Morgan fingerprint density at radius 2 is 1.87 bits per heavy atom. The first kappa shape index (κ1) is 22.0. The predicted octanol–water partition coefficient (Wildman–Crippen LogP) is 2.98. The molecule has 0 radical (unpaired) electrons. The lowest BCUT2D eigenvalue weighted by Gasteiger charge is -2.12. The van der Waals surface area contributed by atoms with Crippen LogP contribution in [0.25, 0.3) is 0 Å². The van der Waals surface area contributed by atoms with Gasteiger partial charge in [0.2, 0.25) is 11.8 Å². The molecule has 0 atom stereocenters. The molecular formula is C23H25N3O5. The first-order chi connectivity index (χ1) is 15.0. The first-order valence-corrected chi connectivity index (χ1v) is 10.2. The minimum Gasteiger partial charge on any atom is -0.482 e. The minimum atomic E-state index is -0.463. The zero-order valence-electron chi connectivity index (χ0n) is 17.4. The topological polar surface area (TPSA) is 97.3 Å². The van der Waals surface area contributed by atoms with Crippen LogP contribution in [0.5, 0.6) is 5.75 Å². The second-order valence-corrected chi connectivity index (χ2v) is 6.85. The molecule has 31 heavy (non-hydrogen) atoms. The highest BCUT2D eigenvalue weighted by molar-refractivity contribution is 6.02. The molecule has 0 bridgehead atoms. The minimum absolute atomic E-state index is 0.0411. The Balaban J connectivity index is 1.46. The Bertz CT molecular complexity index is 959. The summed E-state index contributed by atoms with van der Waals surface area (Å²) in [5, 5.41) is 8.56. The van der Waals surface area contributed by atoms with Crippen molar-refractivity contribution in [2.24, 2.45) is 5.10 Å². The van der Waals surface area contributed by atoms with Crippen LogP contribution in [-0.4, -0.2) is 48.3 Å². The van der Waals surface area contributed by atoms with Crippen molar-refractivity contribution in [3.8, 4) is 5.75 Å². The monoisotopic (exact) mass is 423 g/mol. The number of hydrogen-bond donors (Lipinski definition) is 1. The second-order valence-electron chi connectivity index (χ2n) is 6.85. The van der Waals surface area contributed by atoms with Crippen LogP contribution in [0.1, 0.15) is 31.7 Å². The SMILES string of the molecule is CCOC(=O)COc1cccc(NC(=O)CCC(=O)N2CCC(c3ccccc3)=N2)c1. The third-order valence-corrected chi connectivity index (χ3v) is 4.54. The van der Waals surface area contributed by atoms with E-state index in [0.717, 1.165) is 11.3 Å². The van der Waals surface area contributed by atoms with E-state index in [2.05, 4.69) is 10.4 Å². The molecule has 0 aliphatic carbocycles. The van der Waals surface area contributed by atoms with Gasteiger partial charge >= 0.3 is 5.97 Å². The molecule has 2 amide bonds. The average molecular weight is 423 g/mol. The molecule has 0 saturated heterocycles. The molecule has 0 fully saturated rings. The van der Waals surface area contributed by atoms with Gasteiger partial charge in [0.1, 0.15) is 5.75 Å². The maximum Gasteiger partial charge on any atom is 0.344 e. The fourth-order valence-electron chi connectivity index (χ4n) is 3.05. The molecule has 0 saturated carbocycles. The number of carbonyl (C=O) groups excluding carboxylic acids is 3. The second kappa shape index (κ2) is 10.9. The van der Waals surface area contributed by atoms with E-state index in [0.29, 0.717) is 24.4 Å². The van der Waals surface area contributed by atoms with Gasteiger partial charge in [-0.15, -0.1) is 0 Å². The maximum absolute atomic E-state index is 12.4. The molecule has 2 aromatic carbocycles. The van der Waals surface area contributed by atoms with E-state index in [9.17, 15) is 14.4 Å². The van der Waals surface area contributed by atoms with Gasteiger partial charge in [-0.05, 0) is 24.6 Å². The molecule has 8 heteroatoms. The number of esters is 1. The summed E-state index contributed by atoms with van der Waals surface area (Å²) in [7, 11) is 0. The number of rotatable bonds is 9. The molecule has 3 rings (SSSR count). The number of benzene rings is 2. The standard InChI is InChI=1S/C23H25N3O5/c1-2-30-23(29)16-31-19-10-6-9-18(15-19)24-21(27)11-12-22(28)26-14-13-20(25-26)17-7-4-3-5-8-17/h3-10,15H,2,11-14,16H2,1H3,(H,24,27). The van der Waals surface area contributed by atoms with E-state index >= 15 is 0 Å². The molecule has 2 aromatic rings. The average Bonchev–Trinajstić information content (AvgIpc) is 3.28. The summed E-state index contributed by atoms with van der Waals surface area (Å²) in [6.45, 7) is 2.32. The van der Waals surface area contributed by atoms with Gasteiger partial charge in [0, 0.05) is 31.0 Å². The number of ether oxygens (including phenoxy) is 2. The van der Waals surface area contributed by atoms with E-state index in [-0.39, 0.29) is 37.9 Å². The third-order valence-electron chi connectivity index (χ3n) is 4.54. The quantitative estimate of drug-likeness (QED) is 0.626. The lowest BCUT2D eigenvalue weighted by Crippen LogP contribution is -2.25. The highest BCUT2D eigenvalue weighted by atomic mass is 16.6. The lowest BCUT2D eigenvalue weighted by atomic mass is 10.1. The fraction of sp³-hybridized carbons (Fsp3) is 0.304. The van der Waals surface area contributed by atoms with Crippen molar-refractivity contribution in [3.63, 3.8) is 0 Å². The summed E-state index contributed by atoms with van der Waals surface area (Å²) >= 11 is 0. The van der Waals surface area contributed by atoms with E-state index < -0.39 is 5.97 Å². The maximum atomic E-state index is 12.4. The molecule has 1 N–H and O–H groups in total. The highest BCUT2D eigenvalue weighted by Gasteiger charge is 2.22. The highest BCUT2D eigenvalue weighted by Crippen LogP contribution is 2.18. The van der Waals surface area contributed by atoms with Crippen LogP contribution >= 0.6 is 0 Å². The van der Waals surface area contributed by atoms with Gasteiger partial charge in [-0.1, -0.05) is 36.4 Å². The fourth-order valence-corrected chi connectivity index (χ4v) is 3.05. The molecule has 0 unspecified atom stereocenters. The van der Waals surface area contributed by atoms with Crippen molar-refractivity contribution >= 4 is 29.2 Å². The van der Waals surface area contributed by atoms with Crippen molar-refractivity contribution in [2.75, 3.05) is 25.1 Å². The van der Waals surface area contributed by atoms with E-state index in [1.807, 2.05) is 30.3 Å². The van der Waals surface area contributed by atoms with Crippen LogP contribution < -0.4 is 10.1 Å². The van der Waals surface area contributed by atoms with Crippen LogP contribution in [0.4, 0.5) is 5.69 Å². The zero-order chi connectivity index (χ0) is 22.1. The summed E-state index contributed by atoms with van der Waals surface area (Å²) in [6, 6.07) is 16.4. The van der Waals surface area contributed by atoms with E-state index in [1.54, 1.807) is 31.2 Å². The number of amides is 2. The number of carbonyl (C=O) groups is 3. The summed E-state index contributed by atoms with van der Waals surface area (Å²) in [5.41, 5.74) is 2.39. The van der Waals surface area contributed by atoms with Crippen molar-refractivity contribution in [1.29, 1.82) is 0 Å². The number of hydrazone groups is 1. The van der Waals surface area contributed by atoms with Gasteiger partial charge in [0.25, 0.3) is 0 Å². The van der Waals surface area contributed by atoms with Crippen molar-refractivity contribution in [3.05, 3.63) is 60.2 Å². The van der Waals surface area contributed by atoms with Crippen LogP contribution in [0.3, 0.4) is 0 Å². The normalized spacial score (nSPS) is 12.8. The Morgan fingerprint density at radius 3 is 2.65 bits per heavy atom. The molecule has 1 aliphatic heterocycles. The lowest BCUT2D eigenvalue weighted by molar-refractivity contribution is -0.145. The third kappa shape index (κ3) is 6.67. The van der Waals surface area contributed by atoms with Crippen molar-refractivity contribution in [1.82, 2.24) is 5.01 Å². The van der Waals surface area contributed by atoms with Gasteiger partial charge in [-0.3, -0.25) is 9.59 Å². The summed E-state index contributed by atoms with van der Waals surface area (Å²) < 4.78 is 10.2. The van der Waals surface area contributed by atoms with Gasteiger partial charge in [-0.25, -0.2) is 9.80 Å². The van der Waals surface area contributed by atoms with Crippen LogP contribution in [0.2, 0.25) is 0 Å². The molecule has 0 spiro atoms. The van der Waals surface area contributed by atoms with Crippen molar-refractivity contribution in [2.45, 2.75) is 26.2 Å². The van der Waals surface area contributed by atoms with Gasteiger partial charge < -0.3 is 14.8 Å². The summed E-state index contributed by atoms with van der Waals surface area (Å²) in [6.07, 6.45) is 0.802. The number of hydrogen-bond acceptors (Lipinski definition) is 6. The van der Waals surface area contributed by atoms with Gasteiger partial charge in [0.05, 0.1) is 18.9 Å². The predicted molar refractivity (Wildman–Crippen MR) is 116 cm³/mol. The van der Waals surface area contributed by atoms with E-state index in [1.165, 1.54) is 5.01 Å². The Labute approximate surface area is 180 Å². The zero-order valence-corrected chi connectivity index (χ0v) is 17.4. The number of anilines is 1.